The molecular formula is C13H24N4O3S. The Bertz CT molecular complexity index is 543. The molecule has 8 heteroatoms. The smallest absolute Gasteiger partial charge is 0.280 e. The molecule has 2 rings (SSSR count). The number of hydrogen-bond acceptors (Lipinski definition) is 4. The molecule has 0 aliphatic carbocycles. The van der Waals surface area contributed by atoms with Crippen LogP contribution < -0.4 is 4.72 Å². The number of hydrogen-bond donors (Lipinski definition) is 1. The summed E-state index contributed by atoms with van der Waals surface area (Å²) in [5.41, 5.74) is 0. The zero-order chi connectivity index (χ0) is 15.3. The van der Waals surface area contributed by atoms with Gasteiger partial charge in [0.05, 0.1) is 13.2 Å². The number of aromatic nitrogens is 2. The third-order valence-electron chi connectivity index (χ3n) is 3.67. The van der Waals surface area contributed by atoms with Gasteiger partial charge in [-0.15, -0.1) is 0 Å². The number of nitrogens with one attached hydrogen (secondary N) is 1. The van der Waals surface area contributed by atoms with E-state index in [-0.39, 0.29) is 12.6 Å². The average Bonchev–Trinajstić information content (AvgIpc) is 3.07. The highest BCUT2D eigenvalue weighted by Crippen LogP contribution is 2.20. The van der Waals surface area contributed by atoms with E-state index >= 15 is 0 Å². The maximum Gasteiger partial charge on any atom is 0.280 e. The summed E-state index contributed by atoms with van der Waals surface area (Å²) in [6, 6.07) is -0.0668. The fraction of sp³-hybridized carbons (Fsp3) is 0.769. The Balaban J connectivity index is 1.99. The molecule has 0 radical (unpaired) electrons. The highest BCUT2D eigenvalue weighted by atomic mass is 32.2. The lowest BCUT2D eigenvalue weighted by atomic mass is 10.2. The van der Waals surface area contributed by atoms with Gasteiger partial charge in [-0.3, -0.25) is 0 Å². The molecule has 1 aromatic rings. The molecule has 0 spiro atoms. The quantitative estimate of drug-likeness (QED) is 0.767. The number of aryl methyl sites for hydroxylation is 1. The molecule has 21 heavy (non-hydrogen) atoms. The van der Waals surface area contributed by atoms with Crippen LogP contribution in [-0.2, 0) is 28.0 Å². The first-order chi connectivity index (χ1) is 10.1. The van der Waals surface area contributed by atoms with Crippen molar-refractivity contribution in [3.63, 3.8) is 0 Å². The van der Waals surface area contributed by atoms with Gasteiger partial charge in [0.1, 0.15) is 5.82 Å². The zero-order valence-electron chi connectivity index (χ0n) is 12.7. The number of ether oxygens (including phenoxy) is 1. The van der Waals surface area contributed by atoms with E-state index < -0.39 is 10.2 Å². The van der Waals surface area contributed by atoms with Crippen molar-refractivity contribution in [2.24, 2.45) is 0 Å². The van der Waals surface area contributed by atoms with E-state index in [0.717, 1.165) is 31.6 Å². The van der Waals surface area contributed by atoms with Crippen LogP contribution in [0, 0.1) is 0 Å². The minimum Gasteiger partial charge on any atom is -0.383 e. The molecular weight excluding hydrogens is 292 g/mol. The van der Waals surface area contributed by atoms with Gasteiger partial charge >= 0.3 is 0 Å². The molecule has 1 atom stereocenters. The number of nitrogens with zero attached hydrogens (tertiary/aromatic N) is 3. The zero-order valence-corrected chi connectivity index (χ0v) is 13.5. The Morgan fingerprint density at radius 2 is 2.33 bits per heavy atom. The minimum absolute atomic E-state index is 0.0668. The molecule has 1 aliphatic heterocycles. The third-order valence-corrected chi connectivity index (χ3v) is 5.28. The van der Waals surface area contributed by atoms with Gasteiger partial charge in [0, 0.05) is 38.6 Å². The van der Waals surface area contributed by atoms with Crippen LogP contribution in [0.2, 0.25) is 0 Å². The second kappa shape index (κ2) is 7.35. The van der Waals surface area contributed by atoms with Crippen molar-refractivity contribution in [1.82, 2.24) is 18.6 Å². The van der Waals surface area contributed by atoms with Crippen molar-refractivity contribution >= 4 is 10.2 Å². The second-order valence-electron chi connectivity index (χ2n) is 5.23. The van der Waals surface area contributed by atoms with Crippen LogP contribution in [0.1, 0.15) is 32.0 Å². The van der Waals surface area contributed by atoms with Gasteiger partial charge in [-0.05, 0) is 19.3 Å². The third kappa shape index (κ3) is 4.03. The summed E-state index contributed by atoms with van der Waals surface area (Å²) >= 11 is 0. The molecule has 1 saturated heterocycles. The van der Waals surface area contributed by atoms with Crippen LogP contribution in [0.5, 0.6) is 0 Å². The molecule has 120 valence electrons. The monoisotopic (exact) mass is 316 g/mol. The lowest BCUT2D eigenvalue weighted by Crippen LogP contribution is -2.44. The predicted molar refractivity (Wildman–Crippen MR) is 79.9 cm³/mol. The highest BCUT2D eigenvalue weighted by Gasteiger charge is 2.33. The van der Waals surface area contributed by atoms with Gasteiger partial charge in [0.15, 0.2) is 0 Å². The molecule has 0 aromatic carbocycles. The van der Waals surface area contributed by atoms with Gasteiger partial charge in [0.2, 0.25) is 0 Å². The average molecular weight is 316 g/mol. The van der Waals surface area contributed by atoms with E-state index in [1.54, 1.807) is 13.3 Å². The molecule has 0 amide bonds. The van der Waals surface area contributed by atoms with Crippen molar-refractivity contribution < 1.29 is 13.2 Å². The Morgan fingerprint density at radius 1 is 1.52 bits per heavy atom. The molecule has 1 fully saturated rings. The van der Waals surface area contributed by atoms with Crippen molar-refractivity contribution in [2.75, 3.05) is 20.3 Å². The lowest BCUT2D eigenvalue weighted by molar-refractivity contribution is 0.148. The fourth-order valence-corrected chi connectivity index (χ4v) is 4.08. The van der Waals surface area contributed by atoms with Crippen molar-refractivity contribution in [3.8, 4) is 0 Å². The first kappa shape index (κ1) is 16.4. The Hall–Kier alpha value is -0.960. The van der Waals surface area contributed by atoms with Crippen LogP contribution >= 0.6 is 0 Å². The number of rotatable bonds is 8. The first-order valence-corrected chi connectivity index (χ1v) is 8.78. The summed E-state index contributed by atoms with van der Waals surface area (Å²) in [5.74, 6) is 0.739. The van der Waals surface area contributed by atoms with Crippen molar-refractivity contribution in [2.45, 2.75) is 45.3 Å². The maximum atomic E-state index is 12.4. The fourth-order valence-electron chi connectivity index (χ4n) is 2.67. The van der Waals surface area contributed by atoms with E-state index in [0.29, 0.717) is 13.2 Å². The Labute approximate surface area is 126 Å². The molecule has 0 bridgehead atoms. The second-order valence-corrected chi connectivity index (χ2v) is 6.93. The SMILES string of the molecule is CCCn1ccnc1CNS(=O)(=O)N1CCC[C@H]1COC. The van der Waals surface area contributed by atoms with E-state index in [1.807, 2.05) is 10.8 Å². The van der Waals surface area contributed by atoms with E-state index in [4.69, 9.17) is 4.74 Å². The normalized spacial score (nSPS) is 20.2. The number of methoxy groups -OCH3 is 1. The summed E-state index contributed by atoms with van der Waals surface area (Å²) < 4.78 is 36.0. The Morgan fingerprint density at radius 3 is 3.05 bits per heavy atom. The van der Waals surface area contributed by atoms with Gasteiger partial charge in [-0.1, -0.05) is 6.92 Å². The van der Waals surface area contributed by atoms with Crippen LogP contribution in [-0.4, -0.2) is 48.6 Å². The largest absolute Gasteiger partial charge is 0.383 e. The highest BCUT2D eigenvalue weighted by molar-refractivity contribution is 7.87. The molecule has 1 N–H and O–H groups in total. The summed E-state index contributed by atoms with van der Waals surface area (Å²) in [7, 11) is -1.89. The summed E-state index contributed by atoms with van der Waals surface area (Å²) in [5, 5.41) is 0. The maximum absolute atomic E-state index is 12.4. The van der Waals surface area contributed by atoms with E-state index in [1.165, 1.54) is 4.31 Å². The molecule has 1 aromatic heterocycles. The molecule has 1 aliphatic rings. The summed E-state index contributed by atoms with van der Waals surface area (Å²) in [4.78, 5) is 4.21. The number of imidazole rings is 1. The van der Waals surface area contributed by atoms with E-state index in [2.05, 4.69) is 16.6 Å². The predicted octanol–water partition coefficient (Wildman–Crippen LogP) is 0.738. The van der Waals surface area contributed by atoms with E-state index in [9.17, 15) is 8.42 Å². The summed E-state index contributed by atoms with van der Waals surface area (Å²) in [6.07, 6.45) is 6.27. The van der Waals surface area contributed by atoms with Crippen molar-refractivity contribution in [3.05, 3.63) is 18.2 Å². The van der Waals surface area contributed by atoms with Gasteiger partial charge in [0.25, 0.3) is 10.2 Å². The van der Waals surface area contributed by atoms with Gasteiger partial charge in [-0.25, -0.2) is 4.98 Å². The molecule has 2 heterocycles. The van der Waals surface area contributed by atoms with Crippen LogP contribution in [0.4, 0.5) is 0 Å². The lowest BCUT2D eigenvalue weighted by Gasteiger charge is -2.23. The Kier molecular flexibility index (Phi) is 5.74. The van der Waals surface area contributed by atoms with Gasteiger partial charge in [-0.2, -0.15) is 17.4 Å². The topological polar surface area (TPSA) is 76.5 Å². The standard InChI is InChI=1S/C13H24N4O3S/c1-3-7-16-9-6-14-13(16)10-15-21(18,19)17-8-4-5-12(17)11-20-2/h6,9,12,15H,3-5,7-8,10-11H2,1-2H3/t12-/m0/s1. The van der Waals surface area contributed by atoms with Crippen LogP contribution in [0.25, 0.3) is 0 Å². The molecule has 0 saturated carbocycles. The first-order valence-electron chi connectivity index (χ1n) is 7.34. The van der Waals surface area contributed by atoms with Crippen LogP contribution in [0.15, 0.2) is 12.4 Å². The minimum atomic E-state index is -3.49. The van der Waals surface area contributed by atoms with Crippen molar-refractivity contribution in [1.29, 1.82) is 0 Å². The summed E-state index contributed by atoms with van der Waals surface area (Å²) in [6.45, 7) is 4.12. The molecule has 0 unspecified atom stereocenters. The molecule has 7 nitrogen and oxygen atoms in total. The van der Waals surface area contributed by atoms with Gasteiger partial charge < -0.3 is 9.30 Å². The van der Waals surface area contributed by atoms with Crippen LogP contribution in [0.3, 0.4) is 0 Å².